The van der Waals surface area contributed by atoms with E-state index in [0.29, 0.717) is 6.61 Å². The second kappa shape index (κ2) is 16.2. The Bertz CT molecular complexity index is 1410. The van der Waals surface area contributed by atoms with Crippen LogP contribution < -0.4 is 10.4 Å². The van der Waals surface area contributed by atoms with Crippen LogP contribution in [0.25, 0.3) is 0 Å². The van der Waals surface area contributed by atoms with Crippen molar-refractivity contribution in [2.45, 2.75) is 69.9 Å². The lowest BCUT2D eigenvalue weighted by Crippen LogP contribution is -2.66. The maximum atomic E-state index is 7.09. The van der Waals surface area contributed by atoms with Gasteiger partial charge in [0.1, 0.15) is 5.60 Å². The van der Waals surface area contributed by atoms with Crippen LogP contribution in [0.4, 0.5) is 0 Å². The number of rotatable bonds is 16. The smallest absolute Gasteiger partial charge is 0.261 e. The summed E-state index contributed by atoms with van der Waals surface area (Å²) >= 11 is 0. The zero-order valence-electron chi connectivity index (χ0n) is 27.9. The Morgan fingerprint density at radius 2 is 0.739 bits per heavy atom. The van der Waals surface area contributed by atoms with Gasteiger partial charge in [-0.15, -0.1) is 0 Å². The van der Waals surface area contributed by atoms with Gasteiger partial charge in [-0.3, -0.25) is 0 Å². The van der Waals surface area contributed by atoms with Gasteiger partial charge >= 0.3 is 0 Å². The van der Waals surface area contributed by atoms with E-state index in [0.717, 1.165) is 42.6 Å². The van der Waals surface area contributed by atoms with Gasteiger partial charge in [0.2, 0.25) is 0 Å². The molecule has 0 aliphatic rings. The highest BCUT2D eigenvalue weighted by molar-refractivity contribution is 6.99. The van der Waals surface area contributed by atoms with Gasteiger partial charge in [0, 0.05) is 13.2 Å². The molecule has 0 unspecified atom stereocenters. The van der Waals surface area contributed by atoms with Crippen LogP contribution in [0.1, 0.15) is 76.0 Å². The predicted molar refractivity (Wildman–Crippen MR) is 196 cm³/mol. The Hall–Kier alpha value is -3.76. The van der Waals surface area contributed by atoms with Crippen molar-refractivity contribution >= 4 is 18.7 Å². The molecule has 0 spiro atoms. The molecule has 0 aliphatic heterocycles. The Kier molecular flexibility index (Phi) is 11.8. The summed E-state index contributed by atoms with van der Waals surface area (Å²) in [7, 11) is -2.45. The Labute approximate surface area is 278 Å². The molecule has 0 aromatic heterocycles. The van der Waals surface area contributed by atoms with Gasteiger partial charge in [0.15, 0.2) is 0 Å². The fourth-order valence-electron chi connectivity index (χ4n) is 6.89. The van der Waals surface area contributed by atoms with Gasteiger partial charge < -0.3 is 9.16 Å². The van der Waals surface area contributed by atoms with Crippen molar-refractivity contribution in [3.63, 3.8) is 0 Å². The van der Waals surface area contributed by atoms with E-state index < -0.39 is 13.9 Å². The maximum Gasteiger partial charge on any atom is 0.261 e. The molecule has 238 valence electrons. The second-order valence-electron chi connectivity index (χ2n) is 13.3. The third-order valence-corrected chi connectivity index (χ3v) is 14.2. The molecule has 3 heteroatoms. The van der Waals surface area contributed by atoms with Crippen molar-refractivity contribution in [2.75, 3.05) is 13.2 Å². The highest BCUT2D eigenvalue weighted by Gasteiger charge is 2.50. The lowest BCUT2D eigenvalue weighted by Gasteiger charge is -2.43. The van der Waals surface area contributed by atoms with Crippen molar-refractivity contribution in [2.24, 2.45) is 0 Å². The third-order valence-electron chi connectivity index (χ3n) is 9.13. The quantitative estimate of drug-likeness (QED) is 0.0617. The second-order valence-corrected chi connectivity index (χ2v) is 17.6. The molecule has 2 nitrogen and oxygen atoms in total. The number of hydrogen-bond acceptors (Lipinski definition) is 2. The van der Waals surface area contributed by atoms with Gasteiger partial charge in [0.25, 0.3) is 8.32 Å². The standard InChI is InChI=1S/C43H50O2Si/c1-42(2,3)46(40-31-19-11-20-32-40,41-33-21-12-22-34-41)45-36-24-7-5-4-6-23-35-44-43(37-25-13-8-14-26-37,38-27-15-9-16-28-38)39-29-17-10-18-30-39/h8-22,25-34H,4-7,23-24,35-36H2,1-3H3. The molecule has 0 saturated heterocycles. The molecular weight excluding hydrogens is 577 g/mol. The molecule has 0 N–H and O–H groups in total. The van der Waals surface area contributed by atoms with Crippen LogP contribution in [0.5, 0.6) is 0 Å². The summed E-state index contributed by atoms with van der Waals surface area (Å²) in [6.07, 6.45) is 6.88. The van der Waals surface area contributed by atoms with Crippen LogP contribution in [0.15, 0.2) is 152 Å². The number of ether oxygens (including phenoxy) is 1. The molecule has 0 heterocycles. The SMILES string of the molecule is CC(C)(C)[Si](OCCCCCCCCOC(c1ccccc1)(c1ccccc1)c1ccccc1)(c1ccccc1)c1ccccc1. The first kappa shape index (κ1) is 33.6. The molecule has 0 amide bonds. The van der Waals surface area contributed by atoms with Crippen LogP contribution in [-0.4, -0.2) is 21.5 Å². The van der Waals surface area contributed by atoms with Crippen LogP contribution in [-0.2, 0) is 14.8 Å². The van der Waals surface area contributed by atoms with Crippen LogP contribution >= 0.6 is 0 Å². The third kappa shape index (κ3) is 7.61. The normalized spacial score (nSPS) is 12.2. The van der Waals surface area contributed by atoms with Crippen molar-refractivity contribution in [1.29, 1.82) is 0 Å². The minimum Gasteiger partial charge on any atom is -0.407 e. The fourth-order valence-corrected chi connectivity index (χ4v) is 11.5. The molecule has 0 aliphatic carbocycles. The highest BCUT2D eigenvalue weighted by Crippen LogP contribution is 2.41. The largest absolute Gasteiger partial charge is 0.407 e. The molecular formula is C43H50O2Si. The van der Waals surface area contributed by atoms with E-state index in [4.69, 9.17) is 9.16 Å². The minimum absolute atomic E-state index is 0.0180. The van der Waals surface area contributed by atoms with Crippen LogP contribution in [0.3, 0.4) is 0 Å². The fraction of sp³-hybridized carbons (Fsp3) is 0.302. The van der Waals surface area contributed by atoms with Crippen LogP contribution in [0, 0.1) is 0 Å². The molecule has 0 fully saturated rings. The van der Waals surface area contributed by atoms with Gasteiger partial charge in [-0.1, -0.05) is 198 Å². The number of hydrogen-bond donors (Lipinski definition) is 0. The topological polar surface area (TPSA) is 18.5 Å². The monoisotopic (exact) mass is 626 g/mol. The summed E-state index contributed by atoms with van der Waals surface area (Å²) in [5.74, 6) is 0. The number of benzene rings is 5. The number of unbranched alkanes of at least 4 members (excludes halogenated alkanes) is 5. The Balaban J connectivity index is 1.16. The molecule has 5 rings (SSSR count). The van der Waals surface area contributed by atoms with Gasteiger partial charge in [-0.2, -0.15) is 0 Å². The highest BCUT2D eigenvalue weighted by atomic mass is 28.4. The van der Waals surface area contributed by atoms with Crippen molar-refractivity contribution in [3.8, 4) is 0 Å². The first-order valence-corrected chi connectivity index (χ1v) is 18.9. The molecule has 0 bridgehead atoms. The molecule has 0 radical (unpaired) electrons. The van der Waals surface area contributed by atoms with E-state index in [1.54, 1.807) is 0 Å². The summed E-state index contributed by atoms with van der Waals surface area (Å²) in [5.41, 5.74) is 2.84. The van der Waals surface area contributed by atoms with Crippen molar-refractivity contribution in [3.05, 3.63) is 168 Å². The summed E-state index contributed by atoms with van der Waals surface area (Å²) in [6, 6.07) is 53.9. The Morgan fingerprint density at radius 3 is 1.11 bits per heavy atom. The van der Waals surface area contributed by atoms with Crippen LogP contribution in [0.2, 0.25) is 5.04 Å². The predicted octanol–water partition coefficient (Wildman–Crippen LogP) is 9.91. The molecule has 0 saturated carbocycles. The van der Waals surface area contributed by atoms with Crippen molar-refractivity contribution < 1.29 is 9.16 Å². The van der Waals surface area contributed by atoms with E-state index in [1.807, 2.05) is 0 Å². The van der Waals surface area contributed by atoms with Gasteiger partial charge in [0.05, 0.1) is 0 Å². The average molecular weight is 627 g/mol. The lowest BCUT2D eigenvalue weighted by atomic mass is 9.80. The first-order valence-electron chi connectivity index (χ1n) is 17.0. The Morgan fingerprint density at radius 1 is 0.413 bits per heavy atom. The van der Waals surface area contributed by atoms with Gasteiger partial charge in [-0.05, 0) is 44.9 Å². The summed E-state index contributed by atoms with van der Waals surface area (Å²) in [5, 5.41) is 2.72. The van der Waals surface area contributed by atoms with E-state index in [2.05, 4.69) is 172 Å². The average Bonchev–Trinajstić information content (AvgIpc) is 3.10. The summed E-state index contributed by atoms with van der Waals surface area (Å²) in [6.45, 7) is 8.55. The van der Waals surface area contributed by atoms with Gasteiger partial charge in [-0.25, -0.2) is 0 Å². The van der Waals surface area contributed by atoms with E-state index in [-0.39, 0.29) is 5.04 Å². The van der Waals surface area contributed by atoms with E-state index in [1.165, 1.54) is 29.6 Å². The molecule has 46 heavy (non-hydrogen) atoms. The van der Waals surface area contributed by atoms with Crippen molar-refractivity contribution in [1.82, 2.24) is 0 Å². The maximum absolute atomic E-state index is 7.09. The molecule has 0 atom stereocenters. The zero-order chi connectivity index (χ0) is 32.1. The zero-order valence-corrected chi connectivity index (χ0v) is 28.9. The lowest BCUT2D eigenvalue weighted by molar-refractivity contribution is 0.0106. The minimum atomic E-state index is -2.45. The first-order chi connectivity index (χ1) is 22.5. The van der Waals surface area contributed by atoms with E-state index in [9.17, 15) is 0 Å². The summed E-state index contributed by atoms with van der Waals surface area (Å²) in [4.78, 5) is 0. The molecule has 5 aromatic carbocycles. The van der Waals surface area contributed by atoms with E-state index >= 15 is 0 Å². The molecule has 5 aromatic rings. The summed E-state index contributed by atoms with van der Waals surface area (Å²) < 4.78 is 14.1.